The summed E-state index contributed by atoms with van der Waals surface area (Å²) in [5.74, 6) is -0.555. The molecular formula is C28H32ClN3O3S. The molecule has 3 amide bonds. The number of carbonyl (C=O) groups is 3. The second-order valence-electron chi connectivity index (χ2n) is 10.5. The zero-order valence-electron chi connectivity index (χ0n) is 21.5. The number of benzene rings is 2. The number of rotatable bonds is 5. The average Bonchev–Trinajstić information content (AvgIpc) is 3.01. The van der Waals surface area contributed by atoms with Gasteiger partial charge in [-0.1, -0.05) is 24.6 Å². The Morgan fingerprint density at radius 3 is 2.64 bits per heavy atom. The molecule has 2 aliphatic heterocycles. The van der Waals surface area contributed by atoms with Crippen LogP contribution in [0.4, 0.5) is 16.2 Å². The van der Waals surface area contributed by atoms with Gasteiger partial charge in [-0.15, -0.1) is 0 Å². The molecule has 1 fully saturated rings. The number of hydrogen-bond donors (Lipinski definition) is 1. The molecule has 190 valence electrons. The van der Waals surface area contributed by atoms with Gasteiger partial charge in [-0.2, -0.15) is 0 Å². The number of nitrogens with one attached hydrogen (secondary N) is 1. The van der Waals surface area contributed by atoms with Crippen LogP contribution in [0.5, 0.6) is 0 Å². The number of hydrogen-bond acceptors (Lipinski definition) is 5. The Morgan fingerprint density at radius 1 is 1.25 bits per heavy atom. The van der Waals surface area contributed by atoms with Crippen molar-refractivity contribution in [1.29, 1.82) is 0 Å². The zero-order chi connectivity index (χ0) is 26.4. The fourth-order valence-corrected chi connectivity index (χ4v) is 6.45. The third kappa shape index (κ3) is 5.18. The first-order chi connectivity index (χ1) is 16.9. The smallest absolute Gasteiger partial charge is 0.294 e. The van der Waals surface area contributed by atoms with Gasteiger partial charge < -0.3 is 10.2 Å². The summed E-state index contributed by atoms with van der Waals surface area (Å²) in [6.45, 7) is 12.9. The molecule has 0 aliphatic carbocycles. The minimum Gasteiger partial charge on any atom is -0.364 e. The van der Waals surface area contributed by atoms with Crippen molar-refractivity contribution in [3.8, 4) is 0 Å². The highest BCUT2D eigenvalue weighted by atomic mass is 35.5. The van der Waals surface area contributed by atoms with Crippen LogP contribution >= 0.6 is 23.4 Å². The summed E-state index contributed by atoms with van der Waals surface area (Å²) in [6, 6.07) is 11.4. The standard InChI is InChI=1S/C28H32ClN3O3S/c1-16(2)32-23-10-17(3)19(11-22(23)18(4)14-28(32,5)6)12-24-26(34)31(27(35)36-24)15-25(33)30-21-9-7-8-20(29)13-21/h7-13,16,18H,14-15H2,1-6H3,(H,30,33)/b24-12-/t18-/m1/s1. The topological polar surface area (TPSA) is 69.7 Å². The molecule has 1 atom stereocenters. The molecule has 0 unspecified atom stereocenters. The minimum atomic E-state index is -0.462. The van der Waals surface area contributed by atoms with Gasteiger partial charge in [0.25, 0.3) is 11.1 Å². The number of halogens is 1. The van der Waals surface area contributed by atoms with Gasteiger partial charge in [-0.25, -0.2) is 0 Å². The first-order valence-corrected chi connectivity index (χ1v) is 13.3. The molecule has 0 spiro atoms. The maximum atomic E-state index is 13.1. The lowest BCUT2D eigenvalue weighted by atomic mass is 9.78. The molecule has 4 rings (SSSR count). The maximum Gasteiger partial charge on any atom is 0.294 e. The van der Waals surface area contributed by atoms with Gasteiger partial charge in [0.15, 0.2) is 0 Å². The molecule has 2 heterocycles. The van der Waals surface area contributed by atoms with E-state index in [1.807, 2.05) is 6.92 Å². The van der Waals surface area contributed by atoms with Gasteiger partial charge in [0.05, 0.1) is 4.91 Å². The number of aryl methyl sites for hydroxylation is 1. The summed E-state index contributed by atoms with van der Waals surface area (Å²) in [7, 11) is 0. The Morgan fingerprint density at radius 2 is 1.97 bits per heavy atom. The molecule has 2 aromatic carbocycles. The highest BCUT2D eigenvalue weighted by Crippen LogP contribution is 2.46. The fraction of sp³-hybridized carbons (Fsp3) is 0.393. The Labute approximate surface area is 222 Å². The van der Waals surface area contributed by atoms with E-state index in [2.05, 4.69) is 57.0 Å². The van der Waals surface area contributed by atoms with Crippen molar-refractivity contribution >= 4 is 57.9 Å². The summed E-state index contributed by atoms with van der Waals surface area (Å²) in [4.78, 5) is 41.9. The number of nitrogens with zero attached hydrogens (tertiary/aromatic N) is 2. The molecule has 1 saturated heterocycles. The lowest BCUT2D eigenvalue weighted by molar-refractivity contribution is -0.127. The van der Waals surface area contributed by atoms with Crippen molar-refractivity contribution < 1.29 is 14.4 Å². The van der Waals surface area contributed by atoms with Crippen molar-refractivity contribution in [2.45, 2.75) is 65.5 Å². The second-order valence-corrected chi connectivity index (χ2v) is 11.9. The predicted octanol–water partition coefficient (Wildman–Crippen LogP) is 6.82. The Balaban J connectivity index is 1.57. The number of thioether (sulfide) groups is 1. The van der Waals surface area contributed by atoms with E-state index < -0.39 is 17.1 Å². The van der Waals surface area contributed by atoms with E-state index in [4.69, 9.17) is 11.6 Å². The van der Waals surface area contributed by atoms with Gasteiger partial charge in [-0.05, 0) is 112 Å². The highest BCUT2D eigenvalue weighted by molar-refractivity contribution is 8.18. The molecule has 36 heavy (non-hydrogen) atoms. The molecule has 0 saturated carbocycles. The van der Waals surface area contributed by atoms with Crippen molar-refractivity contribution in [3.05, 3.63) is 63.0 Å². The van der Waals surface area contributed by atoms with Crippen LogP contribution in [-0.4, -0.2) is 40.1 Å². The van der Waals surface area contributed by atoms with E-state index >= 15 is 0 Å². The number of imide groups is 1. The van der Waals surface area contributed by atoms with Crippen LogP contribution in [0.2, 0.25) is 5.02 Å². The first kappa shape index (κ1) is 26.3. The van der Waals surface area contributed by atoms with Crippen molar-refractivity contribution in [3.63, 3.8) is 0 Å². The van der Waals surface area contributed by atoms with Crippen molar-refractivity contribution in [2.75, 3.05) is 16.8 Å². The van der Waals surface area contributed by atoms with E-state index in [0.29, 0.717) is 27.6 Å². The van der Waals surface area contributed by atoms with E-state index in [0.717, 1.165) is 34.2 Å². The molecule has 2 aromatic rings. The second kappa shape index (κ2) is 9.94. The van der Waals surface area contributed by atoms with E-state index in [1.54, 1.807) is 30.3 Å². The van der Waals surface area contributed by atoms with Crippen LogP contribution in [0.25, 0.3) is 6.08 Å². The van der Waals surface area contributed by atoms with Gasteiger partial charge in [0.1, 0.15) is 6.54 Å². The largest absolute Gasteiger partial charge is 0.364 e. The number of fused-ring (bicyclic) bond motifs is 1. The fourth-order valence-electron chi connectivity index (χ4n) is 5.43. The molecule has 8 heteroatoms. The van der Waals surface area contributed by atoms with Gasteiger partial charge in [-0.3, -0.25) is 19.3 Å². The highest BCUT2D eigenvalue weighted by Gasteiger charge is 2.39. The van der Waals surface area contributed by atoms with Crippen LogP contribution < -0.4 is 10.2 Å². The number of anilines is 2. The predicted molar refractivity (Wildman–Crippen MR) is 149 cm³/mol. The lowest BCUT2D eigenvalue weighted by Crippen LogP contribution is -2.51. The molecule has 6 nitrogen and oxygen atoms in total. The van der Waals surface area contributed by atoms with Crippen LogP contribution in [0.15, 0.2) is 41.3 Å². The molecule has 0 bridgehead atoms. The van der Waals surface area contributed by atoms with Crippen LogP contribution in [-0.2, 0) is 9.59 Å². The Bertz CT molecular complexity index is 1270. The summed E-state index contributed by atoms with van der Waals surface area (Å²) < 4.78 is 0. The van der Waals surface area contributed by atoms with Crippen LogP contribution in [0, 0.1) is 6.92 Å². The molecular weight excluding hydrogens is 494 g/mol. The third-order valence-electron chi connectivity index (χ3n) is 6.75. The molecule has 1 N–H and O–H groups in total. The molecule has 2 aliphatic rings. The van der Waals surface area contributed by atoms with E-state index in [-0.39, 0.29) is 12.1 Å². The van der Waals surface area contributed by atoms with E-state index in [9.17, 15) is 14.4 Å². The first-order valence-electron chi connectivity index (χ1n) is 12.1. The lowest BCUT2D eigenvalue weighted by Gasteiger charge is -2.50. The number of carbonyl (C=O) groups excluding carboxylic acids is 3. The monoisotopic (exact) mass is 525 g/mol. The van der Waals surface area contributed by atoms with Crippen molar-refractivity contribution in [1.82, 2.24) is 4.90 Å². The van der Waals surface area contributed by atoms with Gasteiger partial charge in [0.2, 0.25) is 5.91 Å². The Hall–Kier alpha value is -2.77. The maximum absolute atomic E-state index is 13.1. The molecule has 0 radical (unpaired) electrons. The van der Waals surface area contributed by atoms with Gasteiger partial charge in [0, 0.05) is 28.0 Å². The number of amides is 3. The summed E-state index contributed by atoms with van der Waals surface area (Å²) in [6.07, 6.45) is 2.81. The van der Waals surface area contributed by atoms with E-state index in [1.165, 1.54) is 11.3 Å². The summed E-state index contributed by atoms with van der Waals surface area (Å²) in [5.41, 5.74) is 4.98. The minimum absolute atomic E-state index is 0.0445. The van der Waals surface area contributed by atoms with Crippen LogP contribution in [0.1, 0.15) is 63.6 Å². The molecule has 0 aromatic heterocycles. The average molecular weight is 526 g/mol. The summed E-state index contributed by atoms with van der Waals surface area (Å²) in [5, 5.41) is 2.71. The third-order valence-corrected chi connectivity index (χ3v) is 7.89. The zero-order valence-corrected chi connectivity index (χ0v) is 23.1. The van der Waals surface area contributed by atoms with Crippen molar-refractivity contribution in [2.24, 2.45) is 0 Å². The Kier molecular flexibility index (Phi) is 7.26. The quantitative estimate of drug-likeness (QED) is 0.433. The SMILES string of the molecule is Cc1cc2c(cc1/C=C1\SC(=O)N(CC(=O)Nc3cccc(Cl)c3)C1=O)[C@H](C)CC(C)(C)N2C(C)C. The normalized spacial score (nSPS) is 20.3. The summed E-state index contributed by atoms with van der Waals surface area (Å²) >= 11 is 6.83. The van der Waals surface area contributed by atoms with Gasteiger partial charge >= 0.3 is 0 Å². The van der Waals surface area contributed by atoms with Crippen LogP contribution in [0.3, 0.4) is 0 Å².